The van der Waals surface area contributed by atoms with Crippen molar-refractivity contribution in [1.82, 2.24) is 4.57 Å². The molecule has 0 fully saturated rings. The number of carbonyl (C=O) groups excluding carboxylic acids is 2. The van der Waals surface area contributed by atoms with Crippen LogP contribution in [0.1, 0.15) is 10.4 Å². The SMILES string of the molecule is Cn1cc(C(=O)OCC(=O)Nc2ccc(F)c(F)c2)c2ccccc21. The maximum Gasteiger partial charge on any atom is 0.340 e. The second-order valence-corrected chi connectivity index (χ2v) is 5.42. The van der Waals surface area contributed by atoms with Crippen LogP contribution in [-0.4, -0.2) is 23.1 Å². The van der Waals surface area contributed by atoms with Gasteiger partial charge in [-0.25, -0.2) is 13.6 Å². The van der Waals surface area contributed by atoms with E-state index in [1.807, 2.05) is 12.1 Å². The third-order valence-corrected chi connectivity index (χ3v) is 3.65. The first kappa shape index (κ1) is 16.6. The van der Waals surface area contributed by atoms with Crippen molar-refractivity contribution >= 4 is 28.5 Å². The first-order valence-electron chi connectivity index (χ1n) is 7.42. The van der Waals surface area contributed by atoms with Gasteiger partial charge in [0.1, 0.15) is 0 Å². The van der Waals surface area contributed by atoms with Crippen molar-refractivity contribution in [2.45, 2.75) is 0 Å². The second kappa shape index (κ2) is 6.72. The quantitative estimate of drug-likeness (QED) is 0.739. The monoisotopic (exact) mass is 344 g/mol. The molecule has 0 spiro atoms. The van der Waals surface area contributed by atoms with E-state index in [2.05, 4.69) is 5.32 Å². The van der Waals surface area contributed by atoms with Gasteiger partial charge < -0.3 is 14.6 Å². The zero-order chi connectivity index (χ0) is 18.0. The lowest BCUT2D eigenvalue weighted by Crippen LogP contribution is -2.21. The van der Waals surface area contributed by atoms with Crippen LogP contribution in [0.15, 0.2) is 48.7 Å². The summed E-state index contributed by atoms with van der Waals surface area (Å²) in [7, 11) is 1.80. The van der Waals surface area contributed by atoms with Crippen molar-refractivity contribution in [3.8, 4) is 0 Å². The molecule has 0 aliphatic carbocycles. The van der Waals surface area contributed by atoms with Crippen molar-refractivity contribution in [1.29, 1.82) is 0 Å². The third-order valence-electron chi connectivity index (χ3n) is 3.65. The molecule has 0 radical (unpaired) electrons. The molecule has 0 atom stereocenters. The average molecular weight is 344 g/mol. The molecule has 1 amide bonds. The van der Waals surface area contributed by atoms with Crippen LogP contribution in [0.3, 0.4) is 0 Å². The van der Waals surface area contributed by atoms with E-state index in [4.69, 9.17) is 4.74 Å². The van der Waals surface area contributed by atoms with Crippen LogP contribution in [0.25, 0.3) is 10.9 Å². The van der Waals surface area contributed by atoms with Gasteiger partial charge in [0.2, 0.25) is 0 Å². The summed E-state index contributed by atoms with van der Waals surface area (Å²) in [5.41, 5.74) is 1.28. The van der Waals surface area contributed by atoms with Crippen LogP contribution in [0.2, 0.25) is 0 Å². The van der Waals surface area contributed by atoms with Gasteiger partial charge in [0, 0.05) is 35.9 Å². The summed E-state index contributed by atoms with van der Waals surface area (Å²) in [5.74, 6) is -3.39. The Morgan fingerprint density at radius 3 is 2.64 bits per heavy atom. The minimum Gasteiger partial charge on any atom is -0.452 e. The predicted molar refractivity (Wildman–Crippen MR) is 88.2 cm³/mol. The van der Waals surface area contributed by atoms with Gasteiger partial charge in [0.05, 0.1) is 5.56 Å². The Kier molecular flexibility index (Phi) is 4.47. The summed E-state index contributed by atoms with van der Waals surface area (Å²) >= 11 is 0. The Morgan fingerprint density at radius 2 is 1.88 bits per heavy atom. The molecular formula is C18H14F2N2O3. The molecule has 5 nitrogen and oxygen atoms in total. The zero-order valence-electron chi connectivity index (χ0n) is 13.3. The number of aryl methyl sites for hydroxylation is 1. The number of carbonyl (C=O) groups is 2. The number of hydrogen-bond acceptors (Lipinski definition) is 3. The Hall–Kier alpha value is -3.22. The topological polar surface area (TPSA) is 60.3 Å². The van der Waals surface area contributed by atoms with E-state index in [0.29, 0.717) is 5.56 Å². The summed E-state index contributed by atoms with van der Waals surface area (Å²) < 4.78 is 32.7. The van der Waals surface area contributed by atoms with E-state index in [1.54, 1.807) is 29.9 Å². The number of fused-ring (bicyclic) bond motifs is 1. The van der Waals surface area contributed by atoms with Gasteiger partial charge in [-0.15, -0.1) is 0 Å². The first-order valence-corrected chi connectivity index (χ1v) is 7.42. The Labute approximate surface area is 141 Å². The van der Waals surface area contributed by atoms with E-state index in [0.717, 1.165) is 23.0 Å². The van der Waals surface area contributed by atoms with Gasteiger partial charge in [-0.3, -0.25) is 4.79 Å². The number of hydrogen-bond donors (Lipinski definition) is 1. The highest BCUT2D eigenvalue weighted by atomic mass is 19.2. The third kappa shape index (κ3) is 3.50. The molecule has 128 valence electrons. The highest BCUT2D eigenvalue weighted by Crippen LogP contribution is 2.21. The van der Waals surface area contributed by atoms with Crippen LogP contribution < -0.4 is 5.32 Å². The molecule has 1 aromatic heterocycles. The lowest BCUT2D eigenvalue weighted by atomic mass is 10.2. The number of aromatic nitrogens is 1. The smallest absolute Gasteiger partial charge is 0.340 e. The molecule has 3 aromatic rings. The fraction of sp³-hybridized carbons (Fsp3) is 0.111. The number of amides is 1. The molecule has 25 heavy (non-hydrogen) atoms. The van der Waals surface area contributed by atoms with E-state index in [-0.39, 0.29) is 5.69 Å². The van der Waals surface area contributed by atoms with Crippen LogP contribution in [0.5, 0.6) is 0 Å². The van der Waals surface area contributed by atoms with Crippen LogP contribution in [0, 0.1) is 11.6 Å². The van der Waals surface area contributed by atoms with E-state index in [9.17, 15) is 18.4 Å². The number of benzene rings is 2. The van der Waals surface area contributed by atoms with Crippen molar-refractivity contribution < 1.29 is 23.1 Å². The van der Waals surface area contributed by atoms with Crippen molar-refractivity contribution in [2.24, 2.45) is 7.05 Å². The van der Waals surface area contributed by atoms with Crippen LogP contribution in [-0.2, 0) is 16.6 Å². The first-order chi connectivity index (χ1) is 12.0. The number of rotatable bonds is 4. The molecule has 2 aromatic carbocycles. The van der Waals surface area contributed by atoms with E-state index < -0.39 is 30.1 Å². The number of nitrogens with zero attached hydrogens (tertiary/aromatic N) is 1. The number of ether oxygens (including phenoxy) is 1. The molecule has 1 heterocycles. The van der Waals surface area contributed by atoms with Gasteiger partial charge in [-0.1, -0.05) is 18.2 Å². The minimum atomic E-state index is -1.08. The molecule has 3 rings (SSSR count). The van der Waals surface area contributed by atoms with E-state index >= 15 is 0 Å². The van der Waals surface area contributed by atoms with Gasteiger partial charge in [-0.2, -0.15) is 0 Å². The van der Waals surface area contributed by atoms with Crippen LogP contribution >= 0.6 is 0 Å². The molecule has 7 heteroatoms. The summed E-state index contributed by atoms with van der Waals surface area (Å²) in [6.45, 7) is -0.541. The molecule has 0 bridgehead atoms. The molecular weight excluding hydrogens is 330 g/mol. The summed E-state index contributed by atoms with van der Waals surface area (Å²) in [5, 5.41) is 3.05. The molecule has 1 N–H and O–H groups in total. The number of halogens is 2. The largest absolute Gasteiger partial charge is 0.452 e. The average Bonchev–Trinajstić information content (AvgIpc) is 2.93. The van der Waals surface area contributed by atoms with Gasteiger partial charge in [0.25, 0.3) is 5.91 Å². The maximum absolute atomic E-state index is 13.1. The summed E-state index contributed by atoms with van der Waals surface area (Å²) in [4.78, 5) is 24.0. The standard InChI is InChI=1S/C18H14F2N2O3/c1-22-9-13(12-4-2-3-5-16(12)22)18(24)25-10-17(23)21-11-6-7-14(19)15(20)8-11/h2-9H,10H2,1H3,(H,21,23). The van der Waals surface area contributed by atoms with Crippen molar-refractivity contribution in [2.75, 3.05) is 11.9 Å². The fourth-order valence-electron chi connectivity index (χ4n) is 2.48. The highest BCUT2D eigenvalue weighted by Gasteiger charge is 2.16. The summed E-state index contributed by atoms with van der Waals surface area (Å²) in [6.07, 6.45) is 1.63. The Balaban J connectivity index is 1.65. The molecule has 0 aliphatic rings. The highest BCUT2D eigenvalue weighted by molar-refractivity contribution is 6.05. The van der Waals surface area contributed by atoms with Gasteiger partial charge in [-0.05, 0) is 18.2 Å². The van der Waals surface area contributed by atoms with Crippen LogP contribution in [0.4, 0.5) is 14.5 Å². The lowest BCUT2D eigenvalue weighted by molar-refractivity contribution is -0.119. The molecule has 0 saturated heterocycles. The number of para-hydroxylation sites is 1. The normalized spacial score (nSPS) is 10.7. The maximum atomic E-state index is 13.1. The van der Waals surface area contributed by atoms with Gasteiger partial charge in [0.15, 0.2) is 18.2 Å². The number of nitrogens with one attached hydrogen (secondary N) is 1. The Bertz CT molecular complexity index is 966. The lowest BCUT2D eigenvalue weighted by Gasteiger charge is -2.06. The second-order valence-electron chi connectivity index (χ2n) is 5.42. The predicted octanol–water partition coefficient (Wildman–Crippen LogP) is 3.25. The van der Waals surface area contributed by atoms with Crippen molar-refractivity contribution in [3.05, 3.63) is 65.9 Å². The molecule has 0 unspecified atom stereocenters. The zero-order valence-corrected chi connectivity index (χ0v) is 13.3. The molecule has 0 saturated carbocycles. The minimum absolute atomic E-state index is 0.0742. The summed E-state index contributed by atoms with van der Waals surface area (Å²) in [6, 6.07) is 10.3. The Morgan fingerprint density at radius 1 is 1.12 bits per heavy atom. The van der Waals surface area contributed by atoms with Gasteiger partial charge >= 0.3 is 5.97 Å². The molecule has 0 aliphatic heterocycles. The number of esters is 1. The fourth-order valence-corrected chi connectivity index (χ4v) is 2.48. The van der Waals surface area contributed by atoms with E-state index in [1.165, 1.54) is 6.07 Å². The number of anilines is 1. The van der Waals surface area contributed by atoms with Crippen molar-refractivity contribution in [3.63, 3.8) is 0 Å².